The molecule has 0 heterocycles. The van der Waals surface area contributed by atoms with E-state index in [1.54, 1.807) is 55.6 Å². The molecule has 0 saturated carbocycles. The van der Waals surface area contributed by atoms with E-state index in [9.17, 15) is 9.59 Å². The van der Waals surface area contributed by atoms with Crippen molar-refractivity contribution < 1.29 is 19.1 Å². The molecular formula is C18H17Cl2NO4. The molecule has 0 spiro atoms. The zero-order valence-corrected chi connectivity index (χ0v) is 15.1. The second-order valence-corrected chi connectivity index (χ2v) is 6.02. The standard InChI is InChI=1S/C18H17Cl2NO4/c1-21(10-11-24-14-8-6-13(19)7-9-14)17(22)12-25-18(23)15-4-2-3-5-16(15)20/h2-9H,10-12H2,1H3. The van der Waals surface area contributed by atoms with Crippen molar-refractivity contribution in [3.8, 4) is 5.75 Å². The quantitative estimate of drug-likeness (QED) is 0.686. The summed E-state index contributed by atoms with van der Waals surface area (Å²) in [5.74, 6) is -0.305. The van der Waals surface area contributed by atoms with E-state index in [0.29, 0.717) is 23.9 Å². The van der Waals surface area contributed by atoms with Crippen LogP contribution in [0.5, 0.6) is 5.75 Å². The summed E-state index contributed by atoms with van der Waals surface area (Å²) in [6.45, 7) is 0.301. The van der Waals surface area contributed by atoms with Gasteiger partial charge in [-0.3, -0.25) is 4.79 Å². The molecule has 0 aliphatic carbocycles. The summed E-state index contributed by atoms with van der Waals surface area (Å²) in [7, 11) is 1.61. The van der Waals surface area contributed by atoms with Crippen LogP contribution in [0.2, 0.25) is 10.0 Å². The van der Waals surface area contributed by atoms with Crippen molar-refractivity contribution >= 4 is 35.1 Å². The van der Waals surface area contributed by atoms with Crippen LogP contribution in [-0.4, -0.2) is 43.6 Å². The van der Waals surface area contributed by atoms with Gasteiger partial charge in [0, 0.05) is 12.1 Å². The molecule has 0 aliphatic rings. The third kappa shape index (κ3) is 5.96. The van der Waals surface area contributed by atoms with Gasteiger partial charge in [0.1, 0.15) is 12.4 Å². The number of halogens is 2. The number of amides is 1. The molecular weight excluding hydrogens is 365 g/mol. The fourth-order valence-corrected chi connectivity index (χ4v) is 2.24. The zero-order valence-electron chi connectivity index (χ0n) is 13.6. The summed E-state index contributed by atoms with van der Waals surface area (Å²) >= 11 is 11.7. The zero-order chi connectivity index (χ0) is 18.2. The Kier molecular flexibility index (Phi) is 7.10. The lowest BCUT2D eigenvalue weighted by atomic mass is 10.2. The van der Waals surface area contributed by atoms with Crippen LogP contribution in [0.1, 0.15) is 10.4 Å². The van der Waals surface area contributed by atoms with E-state index in [2.05, 4.69) is 0 Å². The summed E-state index contributed by atoms with van der Waals surface area (Å²) in [6, 6.07) is 13.4. The predicted octanol–water partition coefficient (Wildman–Crippen LogP) is 3.69. The van der Waals surface area contributed by atoms with Crippen molar-refractivity contribution in [2.45, 2.75) is 0 Å². The maximum Gasteiger partial charge on any atom is 0.340 e. The van der Waals surface area contributed by atoms with Gasteiger partial charge < -0.3 is 14.4 Å². The summed E-state index contributed by atoms with van der Waals surface area (Å²) < 4.78 is 10.5. The number of ether oxygens (including phenoxy) is 2. The first-order valence-corrected chi connectivity index (χ1v) is 8.27. The summed E-state index contributed by atoms with van der Waals surface area (Å²) in [5.41, 5.74) is 0.227. The van der Waals surface area contributed by atoms with Gasteiger partial charge in [-0.1, -0.05) is 35.3 Å². The van der Waals surface area contributed by atoms with Gasteiger partial charge in [0.25, 0.3) is 5.91 Å². The van der Waals surface area contributed by atoms with Crippen molar-refractivity contribution in [3.63, 3.8) is 0 Å². The second-order valence-electron chi connectivity index (χ2n) is 5.17. The average molecular weight is 382 g/mol. The lowest BCUT2D eigenvalue weighted by Gasteiger charge is -2.17. The molecule has 0 unspecified atom stereocenters. The Morgan fingerprint density at radius 3 is 2.40 bits per heavy atom. The van der Waals surface area contributed by atoms with Crippen LogP contribution in [-0.2, 0) is 9.53 Å². The lowest BCUT2D eigenvalue weighted by Crippen LogP contribution is -2.34. The SMILES string of the molecule is CN(CCOc1ccc(Cl)cc1)C(=O)COC(=O)c1ccccc1Cl. The molecule has 2 rings (SSSR count). The number of hydrogen-bond acceptors (Lipinski definition) is 4. The van der Waals surface area contributed by atoms with Gasteiger partial charge >= 0.3 is 5.97 Å². The predicted molar refractivity (Wildman–Crippen MR) is 96.3 cm³/mol. The van der Waals surface area contributed by atoms with Crippen molar-refractivity contribution in [2.24, 2.45) is 0 Å². The molecule has 0 aromatic heterocycles. The van der Waals surface area contributed by atoms with Crippen LogP contribution in [0.15, 0.2) is 48.5 Å². The topological polar surface area (TPSA) is 55.8 Å². The Morgan fingerprint density at radius 2 is 1.72 bits per heavy atom. The van der Waals surface area contributed by atoms with Gasteiger partial charge in [-0.2, -0.15) is 0 Å². The molecule has 2 aromatic rings. The monoisotopic (exact) mass is 381 g/mol. The van der Waals surface area contributed by atoms with Gasteiger partial charge in [0.05, 0.1) is 17.1 Å². The lowest BCUT2D eigenvalue weighted by molar-refractivity contribution is -0.133. The van der Waals surface area contributed by atoms with Crippen LogP contribution in [0, 0.1) is 0 Å². The Labute approximate surface area is 156 Å². The minimum absolute atomic E-state index is 0.227. The van der Waals surface area contributed by atoms with Crippen LogP contribution in [0.25, 0.3) is 0 Å². The van der Waals surface area contributed by atoms with E-state index in [1.165, 1.54) is 4.90 Å². The average Bonchev–Trinajstić information content (AvgIpc) is 2.61. The van der Waals surface area contributed by atoms with E-state index in [1.807, 2.05) is 0 Å². The minimum Gasteiger partial charge on any atom is -0.492 e. The molecule has 0 fully saturated rings. The first-order chi connectivity index (χ1) is 12.0. The Bertz CT molecular complexity index is 734. The number of esters is 1. The number of hydrogen-bond donors (Lipinski definition) is 0. The van der Waals surface area contributed by atoms with E-state index >= 15 is 0 Å². The highest BCUT2D eigenvalue weighted by molar-refractivity contribution is 6.33. The number of carbonyl (C=O) groups excluding carboxylic acids is 2. The van der Waals surface area contributed by atoms with Gasteiger partial charge in [0.2, 0.25) is 0 Å². The number of nitrogens with zero attached hydrogens (tertiary/aromatic N) is 1. The van der Waals surface area contributed by atoms with Gasteiger partial charge in [0.15, 0.2) is 6.61 Å². The first-order valence-electron chi connectivity index (χ1n) is 7.51. The molecule has 1 amide bonds. The smallest absolute Gasteiger partial charge is 0.340 e. The fraction of sp³-hybridized carbons (Fsp3) is 0.222. The van der Waals surface area contributed by atoms with Gasteiger partial charge in [-0.25, -0.2) is 4.79 Å². The number of carbonyl (C=O) groups is 2. The first kappa shape index (κ1) is 19.1. The van der Waals surface area contributed by atoms with Crippen molar-refractivity contribution in [1.29, 1.82) is 0 Å². The highest BCUT2D eigenvalue weighted by atomic mass is 35.5. The summed E-state index contributed by atoms with van der Waals surface area (Å²) in [6.07, 6.45) is 0. The van der Waals surface area contributed by atoms with E-state index < -0.39 is 5.97 Å². The largest absolute Gasteiger partial charge is 0.492 e. The Hall–Kier alpha value is -2.24. The van der Waals surface area contributed by atoms with Gasteiger partial charge in [-0.05, 0) is 36.4 Å². The molecule has 0 atom stereocenters. The molecule has 132 valence electrons. The van der Waals surface area contributed by atoms with Crippen LogP contribution in [0.4, 0.5) is 0 Å². The van der Waals surface area contributed by atoms with Gasteiger partial charge in [-0.15, -0.1) is 0 Å². The molecule has 25 heavy (non-hydrogen) atoms. The Balaban J connectivity index is 1.73. The third-order valence-electron chi connectivity index (χ3n) is 3.36. The number of rotatable bonds is 7. The highest BCUT2D eigenvalue weighted by Gasteiger charge is 2.15. The normalized spacial score (nSPS) is 10.2. The fourth-order valence-electron chi connectivity index (χ4n) is 1.90. The van der Waals surface area contributed by atoms with Crippen molar-refractivity contribution in [2.75, 3.05) is 26.8 Å². The number of likely N-dealkylation sites (N-methyl/N-ethyl adjacent to an activating group) is 1. The molecule has 0 bridgehead atoms. The van der Waals surface area contributed by atoms with Crippen LogP contribution >= 0.6 is 23.2 Å². The number of benzene rings is 2. The van der Waals surface area contributed by atoms with Crippen LogP contribution < -0.4 is 4.74 Å². The molecule has 2 aromatic carbocycles. The molecule has 0 N–H and O–H groups in total. The summed E-state index contributed by atoms with van der Waals surface area (Å²) in [5, 5.41) is 0.907. The van der Waals surface area contributed by atoms with E-state index in [4.69, 9.17) is 32.7 Å². The molecule has 0 radical (unpaired) electrons. The Morgan fingerprint density at radius 1 is 1.04 bits per heavy atom. The maximum absolute atomic E-state index is 12.0. The van der Waals surface area contributed by atoms with E-state index in [-0.39, 0.29) is 23.1 Å². The minimum atomic E-state index is -0.634. The van der Waals surface area contributed by atoms with Crippen LogP contribution in [0.3, 0.4) is 0 Å². The molecule has 7 heteroatoms. The maximum atomic E-state index is 12.0. The second kappa shape index (κ2) is 9.30. The van der Waals surface area contributed by atoms with E-state index in [0.717, 1.165) is 0 Å². The van der Waals surface area contributed by atoms with Crippen molar-refractivity contribution in [1.82, 2.24) is 4.90 Å². The highest BCUT2D eigenvalue weighted by Crippen LogP contribution is 2.16. The van der Waals surface area contributed by atoms with Crippen molar-refractivity contribution in [3.05, 3.63) is 64.1 Å². The molecule has 0 aliphatic heterocycles. The third-order valence-corrected chi connectivity index (χ3v) is 3.94. The molecule has 0 saturated heterocycles. The molecule has 5 nitrogen and oxygen atoms in total. The summed E-state index contributed by atoms with van der Waals surface area (Å²) in [4.78, 5) is 25.3.